The number of hydrogen-bond acceptors (Lipinski definition) is 1. The van der Waals surface area contributed by atoms with Gasteiger partial charge in [-0.25, -0.2) is 0 Å². The Hall–Kier alpha value is -2.54. The van der Waals surface area contributed by atoms with E-state index >= 15 is 0 Å². The van der Waals surface area contributed by atoms with Crippen molar-refractivity contribution in [1.29, 1.82) is 0 Å². The van der Waals surface area contributed by atoms with E-state index in [0.29, 0.717) is 0 Å². The molecule has 42 heavy (non-hydrogen) atoms. The van der Waals surface area contributed by atoms with Gasteiger partial charge in [-0.3, -0.25) is 0 Å². The highest BCUT2D eigenvalue weighted by Crippen LogP contribution is 2.33. The summed E-state index contributed by atoms with van der Waals surface area (Å²) in [6, 6.07) is 21.7. The third-order valence-corrected chi connectivity index (χ3v) is 6.48. The minimum Gasteiger partial charge on any atom is -0.496 e. The minimum absolute atomic E-state index is 0.150. The van der Waals surface area contributed by atoms with Gasteiger partial charge in [0.05, 0.1) is 7.11 Å². The first-order chi connectivity index (χ1) is 19.4. The Morgan fingerprint density at radius 3 is 1.24 bits per heavy atom. The molecule has 0 radical (unpaired) electrons. The quantitative estimate of drug-likeness (QED) is 0.279. The smallest absolute Gasteiger partial charge is 0.125 e. The molecular formula is C41H70O. The molecule has 0 spiro atoms. The predicted octanol–water partition coefficient (Wildman–Crippen LogP) is 13.3. The van der Waals surface area contributed by atoms with Crippen molar-refractivity contribution in [2.24, 2.45) is 0 Å². The highest BCUT2D eigenvalue weighted by Gasteiger charge is 2.19. The first-order valence-electron chi connectivity index (χ1n) is 16.2. The number of hydrogen-bond donors (Lipinski definition) is 0. The van der Waals surface area contributed by atoms with Gasteiger partial charge in [0, 0.05) is 0 Å². The van der Waals surface area contributed by atoms with Crippen molar-refractivity contribution in [2.45, 2.75) is 148 Å². The summed E-state index contributed by atoms with van der Waals surface area (Å²) in [5.74, 6) is 1.02. The molecule has 0 saturated heterocycles. The number of aryl methyl sites for hydroxylation is 4. The summed E-state index contributed by atoms with van der Waals surface area (Å²) in [4.78, 5) is 0. The lowest BCUT2D eigenvalue weighted by Gasteiger charge is -2.23. The Morgan fingerprint density at radius 1 is 0.452 bits per heavy atom. The van der Waals surface area contributed by atoms with Crippen molar-refractivity contribution in [2.75, 3.05) is 7.11 Å². The Labute approximate surface area is 264 Å². The highest BCUT2D eigenvalue weighted by molar-refractivity contribution is 5.44. The van der Waals surface area contributed by atoms with Gasteiger partial charge in [-0.05, 0) is 77.3 Å². The maximum Gasteiger partial charge on any atom is 0.125 e. The summed E-state index contributed by atoms with van der Waals surface area (Å²) in [6.45, 7) is 40.6. The molecule has 0 aliphatic rings. The van der Waals surface area contributed by atoms with Gasteiger partial charge in [0.25, 0.3) is 0 Å². The minimum atomic E-state index is 0.150. The average molecular weight is 579 g/mol. The second-order valence-electron chi connectivity index (χ2n) is 13.1. The molecule has 0 saturated carbocycles. The lowest BCUT2D eigenvalue weighted by Crippen LogP contribution is -2.13. The van der Waals surface area contributed by atoms with Gasteiger partial charge >= 0.3 is 0 Å². The largest absolute Gasteiger partial charge is 0.496 e. The highest BCUT2D eigenvalue weighted by atomic mass is 16.5. The summed E-state index contributed by atoms with van der Waals surface area (Å²) in [5.41, 5.74) is 10.1. The van der Waals surface area contributed by atoms with Crippen LogP contribution in [0.5, 0.6) is 5.75 Å². The SMILES string of the molecule is CC.CC.CC.COc1c(C)cccc1C(C)(C)C.Cc1ccc(C(C)(C)C)cc1C.Cc1cccc(C(C)(C)C)c1. The zero-order chi connectivity index (χ0) is 33.9. The van der Waals surface area contributed by atoms with E-state index in [2.05, 4.69) is 151 Å². The summed E-state index contributed by atoms with van der Waals surface area (Å²) in [6.07, 6.45) is 0. The van der Waals surface area contributed by atoms with Gasteiger partial charge in [0.2, 0.25) is 0 Å². The lowest BCUT2D eigenvalue weighted by molar-refractivity contribution is 0.394. The van der Waals surface area contributed by atoms with E-state index in [4.69, 9.17) is 4.74 Å². The molecule has 0 aliphatic heterocycles. The molecule has 240 valence electrons. The Balaban J connectivity index is -0.000000498. The molecule has 0 amide bonds. The van der Waals surface area contributed by atoms with Crippen LogP contribution in [0.4, 0.5) is 0 Å². The van der Waals surface area contributed by atoms with Crippen LogP contribution in [0.15, 0.2) is 60.7 Å². The van der Waals surface area contributed by atoms with Crippen LogP contribution in [-0.2, 0) is 16.2 Å². The molecule has 0 unspecified atom stereocenters. The molecule has 3 rings (SSSR count). The van der Waals surface area contributed by atoms with E-state index < -0.39 is 0 Å². The number of methoxy groups -OCH3 is 1. The van der Waals surface area contributed by atoms with Gasteiger partial charge < -0.3 is 4.74 Å². The number of benzene rings is 3. The van der Waals surface area contributed by atoms with Crippen LogP contribution in [0.2, 0.25) is 0 Å². The monoisotopic (exact) mass is 579 g/mol. The molecule has 0 heterocycles. The van der Waals surface area contributed by atoms with Crippen molar-refractivity contribution in [3.8, 4) is 5.75 Å². The van der Waals surface area contributed by atoms with Crippen LogP contribution in [0.3, 0.4) is 0 Å². The van der Waals surface area contributed by atoms with Crippen molar-refractivity contribution < 1.29 is 4.74 Å². The summed E-state index contributed by atoms with van der Waals surface area (Å²) < 4.78 is 5.40. The Bertz CT molecular complexity index is 1100. The van der Waals surface area contributed by atoms with Crippen LogP contribution in [0.25, 0.3) is 0 Å². The third-order valence-electron chi connectivity index (χ3n) is 6.48. The first kappa shape index (κ1) is 43.9. The molecule has 0 fully saturated rings. The van der Waals surface area contributed by atoms with E-state index in [1.54, 1.807) is 7.11 Å². The standard InChI is InChI=1S/C12H18O.C12H18.C11H16.3C2H6/c1-9-7-6-8-10(11(9)13-5)12(2,3)4;1-9-6-7-11(8-10(9)2)12(3,4)5;1-9-6-5-7-10(8-9)11(2,3)4;3*1-2/h6-8H,1-5H3;6-8H,1-5H3;5-8H,1-4H3;3*1-2H3. The molecule has 1 heteroatoms. The van der Waals surface area contributed by atoms with E-state index in [9.17, 15) is 0 Å². The number of rotatable bonds is 1. The van der Waals surface area contributed by atoms with Crippen molar-refractivity contribution in [1.82, 2.24) is 0 Å². The normalized spacial score (nSPS) is 10.4. The third kappa shape index (κ3) is 16.8. The van der Waals surface area contributed by atoms with Crippen molar-refractivity contribution >= 4 is 0 Å². The molecule has 0 N–H and O–H groups in total. The molecule has 3 aromatic rings. The summed E-state index contributed by atoms with van der Waals surface area (Å²) >= 11 is 0. The zero-order valence-electron chi connectivity index (χ0n) is 31.7. The Kier molecular flexibility index (Phi) is 22.2. The van der Waals surface area contributed by atoms with E-state index in [0.717, 1.165) is 5.75 Å². The Morgan fingerprint density at radius 2 is 0.905 bits per heavy atom. The molecule has 0 atom stereocenters. The topological polar surface area (TPSA) is 9.23 Å². The van der Waals surface area contributed by atoms with Gasteiger partial charge in [0.1, 0.15) is 5.75 Å². The molecule has 0 bridgehead atoms. The van der Waals surface area contributed by atoms with E-state index in [-0.39, 0.29) is 16.2 Å². The van der Waals surface area contributed by atoms with Crippen LogP contribution in [0.1, 0.15) is 143 Å². The number of para-hydroxylation sites is 1. The molecule has 1 nitrogen and oxygen atoms in total. The summed E-state index contributed by atoms with van der Waals surface area (Å²) in [7, 11) is 1.73. The van der Waals surface area contributed by atoms with Gasteiger partial charge in [-0.2, -0.15) is 0 Å². The zero-order valence-corrected chi connectivity index (χ0v) is 31.7. The molecule has 3 aromatic carbocycles. The maximum atomic E-state index is 5.40. The first-order valence-corrected chi connectivity index (χ1v) is 16.2. The fraction of sp³-hybridized carbons (Fsp3) is 0.561. The predicted molar refractivity (Wildman–Crippen MR) is 195 cm³/mol. The fourth-order valence-electron chi connectivity index (χ4n) is 3.83. The number of ether oxygens (including phenoxy) is 1. The molecule has 0 aliphatic carbocycles. The van der Waals surface area contributed by atoms with Gasteiger partial charge in [0.15, 0.2) is 0 Å². The van der Waals surface area contributed by atoms with Crippen molar-refractivity contribution in [3.05, 3.63) is 99.6 Å². The van der Waals surface area contributed by atoms with Crippen LogP contribution in [0, 0.1) is 27.7 Å². The van der Waals surface area contributed by atoms with Crippen LogP contribution < -0.4 is 4.74 Å². The van der Waals surface area contributed by atoms with E-state index in [1.165, 1.54) is 38.9 Å². The van der Waals surface area contributed by atoms with Crippen LogP contribution >= 0.6 is 0 Å². The van der Waals surface area contributed by atoms with Gasteiger partial charge in [-0.15, -0.1) is 0 Å². The molecule has 0 aromatic heterocycles. The maximum absolute atomic E-state index is 5.40. The summed E-state index contributed by atoms with van der Waals surface area (Å²) in [5, 5.41) is 0. The van der Waals surface area contributed by atoms with Crippen molar-refractivity contribution in [3.63, 3.8) is 0 Å². The van der Waals surface area contributed by atoms with E-state index in [1.807, 2.05) is 41.5 Å². The molecular weight excluding hydrogens is 508 g/mol. The van der Waals surface area contributed by atoms with Crippen LogP contribution in [-0.4, -0.2) is 7.11 Å². The van der Waals surface area contributed by atoms with Gasteiger partial charge in [-0.1, -0.05) is 170 Å². The lowest BCUT2D eigenvalue weighted by atomic mass is 9.85. The fourth-order valence-corrected chi connectivity index (χ4v) is 3.83. The average Bonchev–Trinajstić information content (AvgIpc) is 2.92. The second-order valence-corrected chi connectivity index (χ2v) is 13.1. The second kappa shape index (κ2) is 21.2.